The maximum absolute atomic E-state index is 13.2. The van der Waals surface area contributed by atoms with Crippen LogP contribution < -0.4 is 5.32 Å². The highest BCUT2D eigenvalue weighted by molar-refractivity contribution is 5.78. The molecule has 1 aromatic heterocycles. The fourth-order valence-corrected chi connectivity index (χ4v) is 4.69. The number of nitrogens with one attached hydrogen (secondary N) is 1. The van der Waals surface area contributed by atoms with E-state index in [0.717, 1.165) is 16.7 Å². The zero-order valence-corrected chi connectivity index (χ0v) is 21.9. The molecule has 1 unspecified atom stereocenters. The van der Waals surface area contributed by atoms with E-state index in [1.165, 1.54) is 0 Å². The molecule has 7 heteroatoms. The molecule has 2 N–H and O–H groups in total. The zero-order chi connectivity index (χ0) is 27.2. The summed E-state index contributed by atoms with van der Waals surface area (Å²) in [4.78, 5) is 29.1. The molecular weight excluding hydrogens is 478 g/mol. The van der Waals surface area contributed by atoms with Crippen molar-refractivity contribution < 1.29 is 19.4 Å². The van der Waals surface area contributed by atoms with Crippen LogP contribution in [0.25, 0.3) is 0 Å². The first-order valence-electron chi connectivity index (χ1n) is 12.6. The topological polar surface area (TPSA) is 93.5 Å². The lowest BCUT2D eigenvalue weighted by Gasteiger charge is -2.37. The van der Waals surface area contributed by atoms with Crippen LogP contribution in [-0.2, 0) is 19.9 Å². The molecule has 0 aliphatic heterocycles. The Morgan fingerprint density at radius 3 is 1.76 bits per heavy atom. The molecule has 1 atom stereocenters. The molecule has 1 heterocycles. The first kappa shape index (κ1) is 26.8. The Bertz CT molecular complexity index is 1250. The number of benzene rings is 3. The Labute approximate surface area is 223 Å². The molecule has 0 bridgehead atoms. The fourth-order valence-electron chi connectivity index (χ4n) is 4.69. The summed E-state index contributed by atoms with van der Waals surface area (Å²) in [5.41, 5.74) is 2.09. The summed E-state index contributed by atoms with van der Waals surface area (Å²) in [6.07, 6.45) is 3.60. The second-order valence-electron chi connectivity index (χ2n) is 10.1. The standard InChI is InChI=1S/C31H33N3O4/c1-30(2,3)38-29(37)26(19-32-20-28(35)36)27-21-34(22-33-27)31(23-13-7-4-8-14-23,24-15-9-5-10-16-24)25-17-11-6-12-18-25/h4-18,21-22,26,32H,19-20H2,1-3H3,(H,35,36). The van der Waals surface area contributed by atoms with E-state index in [9.17, 15) is 9.59 Å². The third kappa shape index (κ3) is 5.84. The number of carbonyl (C=O) groups is 2. The van der Waals surface area contributed by atoms with Gasteiger partial charge in [0.2, 0.25) is 0 Å². The summed E-state index contributed by atoms with van der Waals surface area (Å²) < 4.78 is 7.71. The number of hydrogen-bond donors (Lipinski definition) is 2. The van der Waals surface area contributed by atoms with Crippen molar-refractivity contribution in [1.82, 2.24) is 14.9 Å². The van der Waals surface area contributed by atoms with E-state index in [1.807, 2.05) is 65.4 Å². The maximum atomic E-state index is 13.2. The van der Waals surface area contributed by atoms with Gasteiger partial charge in [-0.1, -0.05) is 91.0 Å². The molecule has 0 aliphatic carbocycles. The number of nitrogens with zero attached hydrogens (tertiary/aromatic N) is 2. The molecule has 38 heavy (non-hydrogen) atoms. The number of rotatable bonds is 10. The van der Waals surface area contributed by atoms with E-state index >= 15 is 0 Å². The fraction of sp³-hybridized carbons (Fsp3) is 0.258. The number of aliphatic carboxylic acids is 1. The van der Waals surface area contributed by atoms with Gasteiger partial charge in [-0.05, 0) is 37.5 Å². The Morgan fingerprint density at radius 1 is 0.868 bits per heavy atom. The van der Waals surface area contributed by atoms with E-state index in [2.05, 4.69) is 46.7 Å². The number of carboxylic acids is 1. The first-order valence-corrected chi connectivity index (χ1v) is 12.6. The molecule has 0 saturated heterocycles. The quantitative estimate of drug-likeness (QED) is 0.234. The number of esters is 1. The lowest BCUT2D eigenvalue weighted by Crippen LogP contribution is -2.37. The summed E-state index contributed by atoms with van der Waals surface area (Å²) in [6, 6.07) is 30.5. The Balaban J connectivity index is 1.88. The smallest absolute Gasteiger partial charge is 0.317 e. The van der Waals surface area contributed by atoms with Crippen molar-refractivity contribution in [2.24, 2.45) is 0 Å². The van der Waals surface area contributed by atoms with Crippen molar-refractivity contribution in [3.8, 4) is 0 Å². The predicted molar refractivity (Wildman–Crippen MR) is 146 cm³/mol. The van der Waals surface area contributed by atoms with Gasteiger partial charge in [-0.15, -0.1) is 0 Å². The number of carbonyl (C=O) groups excluding carboxylic acids is 1. The molecule has 4 aromatic rings. The van der Waals surface area contributed by atoms with Crippen molar-refractivity contribution in [2.45, 2.75) is 37.8 Å². The van der Waals surface area contributed by atoms with E-state index in [-0.39, 0.29) is 13.1 Å². The van der Waals surface area contributed by atoms with Crippen molar-refractivity contribution in [2.75, 3.05) is 13.1 Å². The predicted octanol–water partition coefficient (Wildman–Crippen LogP) is 4.82. The van der Waals surface area contributed by atoms with E-state index in [4.69, 9.17) is 9.84 Å². The molecule has 0 spiro atoms. The normalized spacial score (nSPS) is 12.6. The van der Waals surface area contributed by atoms with Gasteiger partial charge >= 0.3 is 11.9 Å². The van der Waals surface area contributed by atoms with Crippen molar-refractivity contribution in [3.05, 3.63) is 126 Å². The van der Waals surface area contributed by atoms with Gasteiger partial charge in [0.1, 0.15) is 17.1 Å². The van der Waals surface area contributed by atoms with Crippen molar-refractivity contribution >= 4 is 11.9 Å². The molecule has 196 valence electrons. The number of hydrogen-bond acceptors (Lipinski definition) is 5. The van der Waals surface area contributed by atoms with Crippen LogP contribution >= 0.6 is 0 Å². The van der Waals surface area contributed by atoms with Gasteiger partial charge in [0.15, 0.2) is 0 Å². The summed E-state index contributed by atoms with van der Waals surface area (Å²) in [6.45, 7) is 5.21. The highest BCUT2D eigenvalue weighted by Gasteiger charge is 2.39. The minimum atomic E-state index is -1.00. The van der Waals surface area contributed by atoms with Gasteiger partial charge < -0.3 is 19.7 Å². The molecule has 0 amide bonds. The van der Waals surface area contributed by atoms with E-state index in [1.54, 1.807) is 27.1 Å². The SMILES string of the molecule is CC(C)(C)OC(=O)C(CNCC(=O)O)c1cn(C(c2ccccc2)(c2ccccc2)c2ccccc2)cn1. The van der Waals surface area contributed by atoms with Gasteiger partial charge in [0, 0.05) is 12.7 Å². The molecule has 0 fully saturated rings. The molecule has 0 aliphatic rings. The zero-order valence-electron chi connectivity index (χ0n) is 21.9. The molecule has 7 nitrogen and oxygen atoms in total. The number of ether oxygens (including phenoxy) is 1. The third-order valence-electron chi connectivity index (χ3n) is 6.24. The average Bonchev–Trinajstić information content (AvgIpc) is 3.38. The molecule has 0 radical (unpaired) electrons. The first-order chi connectivity index (χ1) is 18.2. The minimum absolute atomic E-state index is 0.0766. The van der Waals surface area contributed by atoms with Gasteiger partial charge in [-0.2, -0.15) is 0 Å². The van der Waals surface area contributed by atoms with Crippen LogP contribution in [0.2, 0.25) is 0 Å². The molecular formula is C31H33N3O4. The van der Waals surface area contributed by atoms with Gasteiger partial charge in [-0.25, -0.2) is 4.98 Å². The summed E-state index contributed by atoms with van der Waals surface area (Å²) in [5.74, 6) is -2.27. The van der Waals surface area contributed by atoms with Crippen LogP contribution in [0.1, 0.15) is 49.1 Å². The second kappa shape index (κ2) is 11.4. The van der Waals surface area contributed by atoms with Crippen LogP contribution in [-0.4, -0.2) is 45.3 Å². The summed E-state index contributed by atoms with van der Waals surface area (Å²) >= 11 is 0. The van der Waals surface area contributed by atoms with Gasteiger partial charge in [0.05, 0.1) is 18.6 Å². The number of aromatic nitrogens is 2. The second-order valence-corrected chi connectivity index (χ2v) is 10.1. The largest absolute Gasteiger partial charge is 0.480 e. The molecule has 0 saturated carbocycles. The van der Waals surface area contributed by atoms with Gasteiger partial charge in [-0.3, -0.25) is 9.59 Å². The van der Waals surface area contributed by atoms with E-state index in [0.29, 0.717) is 5.69 Å². The van der Waals surface area contributed by atoms with Crippen LogP contribution in [0.4, 0.5) is 0 Å². The third-order valence-corrected chi connectivity index (χ3v) is 6.24. The molecule has 3 aromatic carbocycles. The highest BCUT2D eigenvalue weighted by atomic mass is 16.6. The Kier molecular flexibility index (Phi) is 8.08. The summed E-state index contributed by atoms with van der Waals surface area (Å²) in [7, 11) is 0. The van der Waals surface area contributed by atoms with Crippen LogP contribution in [0.15, 0.2) is 104 Å². The van der Waals surface area contributed by atoms with Crippen molar-refractivity contribution in [1.29, 1.82) is 0 Å². The Hall–Kier alpha value is -4.23. The Morgan fingerprint density at radius 2 is 1.34 bits per heavy atom. The van der Waals surface area contributed by atoms with Crippen LogP contribution in [0.5, 0.6) is 0 Å². The minimum Gasteiger partial charge on any atom is -0.480 e. The summed E-state index contributed by atoms with van der Waals surface area (Å²) in [5, 5.41) is 12.0. The monoisotopic (exact) mass is 511 g/mol. The lowest BCUT2D eigenvalue weighted by atomic mass is 9.76. The van der Waals surface area contributed by atoms with Crippen LogP contribution in [0, 0.1) is 0 Å². The average molecular weight is 512 g/mol. The van der Waals surface area contributed by atoms with Crippen LogP contribution in [0.3, 0.4) is 0 Å². The van der Waals surface area contributed by atoms with E-state index < -0.39 is 29.0 Å². The van der Waals surface area contributed by atoms with Crippen molar-refractivity contribution in [3.63, 3.8) is 0 Å². The highest BCUT2D eigenvalue weighted by Crippen LogP contribution is 2.41. The van der Waals surface area contributed by atoms with Gasteiger partial charge in [0.25, 0.3) is 0 Å². The molecule has 4 rings (SSSR count). The maximum Gasteiger partial charge on any atom is 0.317 e. The number of imidazole rings is 1. The lowest BCUT2D eigenvalue weighted by molar-refractivity contribution is -0.157. The number of carboxylic acid groups (broad SMARTS) is 1.